The lowest BCUT2D eigenvalue weighted by Crippen LogP contribution is -2.27. The standard InChI is InChI=1S/C15H23N3O/c19-15(10-13-6-2-1-3-7-13)17-9-5-4-8-14-11-16-12-18-14/h1-3,6-7,14,16,18H,4-5,8-12H2,(H,17,19)/t14-/m0/s1. The summed E-state index contributed by atoms with van der Waals surface area (Å²) < 4.78 is 0. The highest BCUT2D eigenvalue weighted by Crippen LogP contribution is 2.02. The first-order valence-corrected chi connectivity index (χ1v) is 7.09. The summed E-state index contributed by atoms with van der Waals surface area (Å²) in [7, 11) is 0. The quantitative estimate of drug-likeness (QED) is 0.643. The summed E-state index contributed by atoms with van der Waals surface area (Å²) in [5.41, 5.74) is 1.07. The van der Waals surface area contributed by atoms with E-state index >= 15 is 0 Å². The maximum absolute atomic E-state index is 11.7. The van der Waals surface area contributed by atoms with E-state index in [1.807, 2.05) is 30.3 Å². The smallest absolute Gasteiger partial charge is 0.224 e. The summed E-state index contributed by atoms with van der Waals surface area (Å²) in [4.78, 5) is 11.7. The fourth-order valence-electron chi connectivity index (χ4n) is 2.33. The molecule has 1 fully saturated rings. The number of hydrogen-bond acceptors (Lipinski definition) is 3. The zero-order valence-corrected chi connectivity index (χ0v) is 11.3. The van der Waals surface area contributed by atoms with Crippen molar-refractivity contribution in [3.63, 3.8) is 0 Å². The van der Waals surface area contributed by atoms with Crippen LogP contribution in [0, 0.1) is 0 Å². The van der Waals surface area contributed by atoms with Gasteiger partial charge in [0.2, 0.25) is 5.91 Å². The van der Waals surface area contributed by atoms with E-state index in [1.54, 1.807) is 0 Å². The highest BCUT2D eigenvalue weighted by molar-refractivity contribution is 5.78. The number of unbranched alkanes of at least 4 members (excludes halogenated alkanes) is 1. The monoisotopic (exact) mass is 261 g/mol. The Hall–Kier alpha value is -1.39. The Labute approximate surface area is 115 Å². The summed E-state index contributed by atoms with van der Waals surface area (Å²) in [5, 5.41) is 9.65. The van der Waals surface area contributed by atoms with Crippen LogP contribution in [0.1, 0.15) is 24.8 Å². The van der Waals surface area contributed by atoms with Gasteiger partial charge in [-0.05, 0) is 18.4 Å². The molecule has 1 amide bonds. The second kappa shape index (κ2) is 7.92. The third kappa shape index (κ3) is 5.41. The van der Waals surface area contributed by atoms with E-state index in [0.29, 0.717) is 12.5 Å². The van der Waals surface area contributed by atoms with Gasteiger partial charge in [-0.2, -0.15) is 0 Å². The third-order valence-electron chi connectivity index (χ3n) is 3.42. The van der Waals surface area contributed by atoms with Crippen molar-refractivity contribution in [3.05, 3.63) is 35.9 Å². The number of rotatable bonds is 7. The molecule has 0 unspecified atom stereocenters. The first-order chi connectivity index (χ1) is 9.34. The largest absolute Gasteiger partial charge is 0.356 e. The zero-order valence-electron chi connectivity index (χ0n) is 11.3. The molecule has 0 spiro atoms. The summed E-state index contributed by atoms with van der Waals surface area (Å²) >= 11 is 0. The van der Waals surface area contributed by atoms with Gasteiger partial charge in [-0.1, -0.05) is 36.8 Å². The van der Waals surface area contributed by atoms with Crippen LogP contribution in [0.3, 0.4) is 0 Å². The van der Waals surface area contributed by atoms with Gasteiger partial charge < -0.3 is 16.0 Å². The van der Waals surface area contributed by atoms with Gasteiger partial charge in [0.05, 0.1) is 6.42 Å². The lowest BCUT2D eigenvalue weighted by Gasteiger charge is -2.09. The van der Waals surface area contributed by atoms with Crippen LogP contribution >= 0.6 is 0 Å². The first-order valence-electron chi connectivity index (χ1n) is 7.09. The minimum atomic E-state index is 0.117. The number of benzene rings is 1. The Balaban J connectivity index is 1.51. The van der Waals surface area contributed by atoms with Crippen molar-refractivity contribution in [1.29, 1.82) is 0 Å². The van der Waals surface area contributed by atoms with Crippen molar-refractivity contribution in [2.45, 2.75) is 31.7 Å². The van der Waals surface area contributed by atoms with Crippen LogP contribution in [0.4, 0.5) is 0 Å². The van der Waals surface area contributed by atoms with Gasteiger partial charge in [0, 0.05) is 25.8 Å². The van der Waals surface area contributed by atoms with Crippen molar-refractivity contribution < 1.29 is 4.79 Å². The number of hydrogen-bond donors (Lipinski definition) is 3. The molecule has 0 aliphatic carbocycles. The van der Waals surface area contributed by atoms with Crippen LogP contribution in [0.5, 0.6) is 0 Å². The van der Waals surface area contributed by atoms with Gasteiger partial charge in [0.25, 0.3) is 0 Å². The van der Waals surface area contributed by atoms with Crippen molar-refractivity contribution in [1.82, 2.24) is 16.0 Å². The Morgan fingerprint density at radius 3 is 2.84 bits per heavy atom. The Kier molecular flexibility index (Phi) is 5.85. The van der Waals surface area contributed by atoms with Crippen LogP contribution in [0.25, 0.3) is 0 Å². The van der Waals surface area contributed by atoms with Crippen LogP contribution in [0.2, 0.25) is 0 Å². The zero-order chi connectivity index (χ0) is 13.3. The van der Waals surface area contributed by atoms with Gasteiger partial charge >= 0.3 is 0 Å². The van der Waals surface area contributed by atoms with E-state index in [-0.39, 0.29) is 5.91 Å². The van der Waals surface area contributed by atoms with Crippen LogP contribution in [-0.2, 0) is 11.2 Å². The van der Waals surface area contributed by atoms with Crippen molar-refractivity contribution in [2.24, 2.45) is 0 Å². The molecule has 1 aromatic carbocycles. The summed E-state index contributed by atoms with van der Waals surface area (Å²) in [6.07, 6.45) is 3.88. The highest BCUT2D eigenvalue weighted by atomic mass is 16.1. The van der Waals surface area contributed by atoms with Crippen LogP contribution < -0.4 is 16.0 Å². The second-order valence-electron chi connectivity index (χ2n) is 5.04. The highest BCUT2D eigenvalue weighted by Gasteiger charge is 2.12. The average Bonchev–Trinajstić information content (AvgIpc) is 2.92. The predicted octanol–water partition coefficient (Wildman–Crippen LogP) is 1.03. The number of nitrogens with one attached hydrogen (secondary N) is 3. The lowest BCUT2D eigenvalue weighted by atomic mass is 10.1. The fraction of sp³-hybridized carbons (Fsp3) is 0.533. The molecule has 1 aromatic rings. The maximum atomic E-state index is 11.7. The van der Waals surface area contributed by atoms with Gasteiger partial charge in [0.1, 0.15) is 0 Å². The van der Waals surface area contributed by atoms with E-state index in [1.165, 1.54) is 6.42 Å². The van der Waals surface area contributed by atoms with Crippen LogP contribution in [0.15, 0.2) is 30.3 Å². The van der Waals surface area contributed by atoms with E-state index in [0.717, 1.165) is 38.2 Å². The second-order valence-corrected chi connectivity index (χ2v) is 5.04. The molecule has 1 heterocycles. The van der Waals surface area contributed by atoms with E-state index in [2.05, 4.69) is 16.0 Å². The molecule has 0 radical (unpaired) electrons. The van der Waals surface area contributed by atoms with Crippen molar-refractivity contribution >= 4 is 5.91 Å². The number of carbonyl (C=O) groups excluding carboxylic acids is 1. The molecule has 0 saturated carbocycles. The minimum Gasteiger partial charge on any atom is -0.356 e. The molecule has 3 N–H and O–H groups in total. The molecule has 19 heavy (non-hydrogen) atoms. The molecule has 0 aromatic heterocycles. The van der Waals surface area contributed by atoms with E-state index in [9.17, 15) is 4.79 Å². The molecule has 1 aliphatic rings. The molecule has 1 saturated heterocycles. The van der Waals surface area contributed by atoms with Gasteiger partial charge in [-0.3, -0.25) is 4.79 Å². The van der Waals surface area contributed by atoms with Crippen LogP contribution in [-0.4, -0.2) is 31.7 Å². The molecule has 2 rings (SSSR count). The average molecular weight is 261 g/mol. The van der Waals surface area contributed by atoms with E-state index in [4.69, 9.17) is 0 Å². The maximum Gasteiger partial charge on any atom is 0.224 e. The van der Waals surface area contributed by atoms with Gasteiger partial charge in [-0.15, -0.1) is 0 Å². The lowest BCUT2D eigenvalue weighted by molar-refractivity contribution is -0.120. The predicted molar refractivity (Wildman–Crippen MR) is 76.8 cm³/mol. The number of amides is 1. The normalized spacial score (nSPS) is 18.4. The minimum absolute atomic E-state index is 0.117. The Morgan fingerprint density at radius 1 is 1.26 bits per heavy atom. The van der Waals surface area contributed by atoms with E-state index < -0.39 is 0 Å². The Bertz CT molecular complexity index is 374. The molecular formula is C15H23N3O. The molecule has 1 aliphatic heterocycles. The Morgan fingerprint density at radius 2 is 2.11 bits per heavy atom. The van der Waals surface area contributed by atoms with Gasteiger partial charge in [0.15, 0.2) is 0 Å². The SMILES string of the molecule is O=C(Cc1ccccc1)NCCCC[C@H]1CNCN1. The third-order valence-corrected chi connectivity index (χ3v) is 3.42. The van der Waals surface area contributed by atoms with Crippen molar-refractivity contribution in [3.8, 4) is 0 Å². The molecule has 104 valence electrons. The molecule has 0 bridgehead atoms. The molecule has 4 nitrogen and oxygen atoms in total. The molecule has 1 atom stereocenters. The summed E-state index contributed by atoms with van der Waals surface area (Å²) in [5.74, 6) is 0.117. The topological polar surface area (TPSA) is 53.2 Å². The molecular weight excluding hydrogens is 238 g/mol. The van der Waals surface area contributed by atoms with Gasteiger partial charge in [-0.25, -0.2) is 0 Å². The summed E-state index contributed by atoms with van der Waals surface area (Å²) in [6.45, 7) is 2.78. The number of carbonyl (C=O) groups is 1. The summed E-state index contributed by atoms with van der Waals surface area (Å²) in [6, 6.07) is 10.5. The van der Waals surface area contributed by atoms with Crippen molar-refractivity contribution in [2.75, 3.05) is 19.8 Å². The molecule has 4 heteroatoms. The first kappa shape index (κ1) is 14.0. The fourth-order valence-corrected chi connectivity index (χ4v) is 2.33.